The number of hydrogen-bond acceptors (Lipinski definition) is 3. The van der Waals surface area contributed by atoms with Crippen molar-refractivity contribution in [3.8, 4) is 0 Å². The Bertz CT molecular complexity index is 598. The highest BCUT2D eigenvalue weighted by Gasteiger charge is 2.14. The second kappa shape index (κ2) is 7.38. The molecule has 0 aliphatic carbocycles. The standard InChI is InChI=1S/C16H20BrFN2S/c1-11(2)19-8-12-5-4-6-15(18)16(12)20(3)9-14-7-13(17)10-21-14/h4-7,10-11,19H,8-9H2,1-3H3. The number of halogens is 2. The number of rotatable bonds is 6. The first-order valence-electron chi connectivity index (χ1n) is 6.92. The van der Waals surface area contributed by atoms with Crippen molar-refractivity contribution in [1.29, 1.82) is 0 Å². The van der Waals surface area contributed by atoms with Gasteiger partial charge < -0.3 is 10.2 Å². The highest BCUT2D eigenvalue weighted by molar-refractivity contribution is 9.10. The molecule has 0 radical (unpaired) electrons. The van der Waals surface area contributed by atoms with Crippen molar-refractivity contribution in [2.75, 3.05) is 11.9 Å². The van der Waals surface area contributed by atoms with Crippen LogP contribution in [0.5, 0.6) is 0 Å². The van der Waals surface area contributed by atoms with E-state index in [1.165, 1.54) is 10.9 Å². The molecule has 0 amide bonds. The summed E-state index contributed by atoms with van der Waals surface area (Å²) in [6, 6.07) is 7.73. The molecule has 2 rings (SSSR count). The molecule has 0 saturated carbocycles. The van der Waals surface area contributed by atoms with E-state index in [4.69, 9.17) is 0 Å². The molecule has 1 aromatic heterocycles. The van der Waals surface area contributed by atoms with Crippen LogP contribution in [0.15, 0.2) is 34.1 Å². The van der Waals surface area contributed by atoms with E-state index in [-0.39, 0.29) is 5.82 Å². The number of benzene rings is 1. The maximum absolute atomic E-state index is 14.3. The molecule has 21 heavy (non-hydrogen) atoms. The third kappa shape index (κ3) is 4.53. The fourth-order valence-corrected chi connectivity index (χ4v) is 3.70. The monoisotopic (exact) mass is 370 g/mol. The summed E-state index contributed by atoms with van der Waals surface area (Å²) in [5.74, 6) is -0.170. The first kappa shape index (κ1) is 16.5. The zero-order valence-electron chi connectivity index (χ0n) is 12.5. The summed E-state index contributed by atoms with van der Waals surface area (Å²) >= 11 is 5.13. The quantitative estimate of drug-likeness (QED) is 0.786. The number of para-hydroxylation sites is 1. The molecule has 0 aliphatic rings. The van der Waals surface area contributed by atoms with Gasteiger partial charge >= 0.3 is 0 Å². The van der Waals surface area contributed by atoms with E-state index in [2.05, 4.69) is 41.2 Å². The lowest BCUT2D eigenvalue weighted by Crippen LogP contribution is -2.25. The third-order valence-corrected chi connectivity index (χ3v) is 4.85. The van der Waals surface area contributed by atoms with E-state index in [0.717, 1.165) is 10.0 Å². The van der Waals surface area contributed by atoms with E-state index >= 15 is 0 Å². The number of nitrogens with zero attached hydrogens (tertiary/aromatic N) is 1. The van der Waals surface area contributed by atoms with Crippen LogP contribution in [0.4, 0.5) is 10.1 Å². The van der Waals surface area contributed by atoms with Crippen LogP contribution in [0.1, 0.15) is 24.3 Å². The Kier molecular flexibility index (Phi) is 5.79. The van der Waals surface area contributed by atoms with Crippen LogP contribution in [-0.2, 0) is 13.1 Å². The van der Waals surface area contributed by atoms with Gasteiger partial charge in [0.2, 0.25) is 0 Å². The minimum atomic E-state index is -0.170. The molecule has 2 aromatic rings. The smallest absolute Gasteiger partial charge is 0.146 e. The molecular weight excluding hydrogens is 351 g/mol. The van der Waals surface area contributed by atoms with Crippen LogP contribution in [0.3, 0.4) is 0 Å². The van der Waals surface area contributed by atoms with Crippen LogP contribution in [0.25, 0.3) is 0 Å². The molecule has 0 spiro atoms. The zero-order chi connectivity index (χ0) is 15.4. The van der Waals surface area contributed by atoms with E-state index in [0.29, 0.717) is 24.8 Å². The van der Waals surface area contributed by atoms with E-state index in [1.54, 1.807) is 17.4 Å². The third-order valence-electron chi connectivity index (χ3n) is 3.17. The van der Waals surface area contributed by atoms with Crippen molar-refractivity contribution in [2.24, 2.45) is 0 Å². The highest BCUT2D eigenvalue weighted by Crippen LogP contribution is 2.27. The summed E-state index contributed by atoms with van der Waals surface area (Å²) in [6.07, 6.45) is 0. The van der Waals surface area contributed by atoms with Gasteiger partial charge in [0.1, 0.15) is 5.82 Å². The van der Waals surface area contributed by atoms with Gasteiger partial charge in [-0.05, 0) is 33.6 Å². The average molecular weight is 371 g/mol. The number of anilines is 1. The predicted octanol–water partition coefficient (Wildman–Crippen LogP) is 4.78. The van der Waals surface area contributed by atoms with Gasteiger partial charge in [-0.1, -0.05) is 26.0 Å². The van der Waals surface area contributed by atoms with Gasteiger partial charge in [-0.2, -0.15) is 0 Å². The maximum Gasteiger partial charge on any atom is 0.146 e. The average Bonchev–Trinajstić information content (AvgIpc) is 2.81. The number of nitrogens with one attached hydrogen (secondary N) is 1. The minimum Gasteiger partial charge on any atom is -0.367 e. The van der Waals surface area contributed by atoms with Crippen molar-refractivity contribution in [2.45, 2.75) is 33.0 Å². The Morgan fingerprint density at radius 2 is 2.14 bits per heavy atom. The van der Waals surface area contributed by atoms with Gasteiger partial charge in [0, 0.05) is 34.4 Å². The van der Waals surface area contributed by atoms with E-state index in [9.17, 15) is 4.39 Å². The van der Waals surface area contributed by atoms with Gasteiger partial charge in [0.25, 0.3) is 0 Å². The van der Waals surface area contributed by atoms with Crippen LogP contribution in [0, 0.1) is 5.82 Å². The van der Waals surface area contributed by atoms with E-state index in [1.807, 2.05) is 23.4 Å². The summed E-state index contributed by atoms with van der Waals surface area (Å²) < 4.78 is 15.3. The zero-order valence-corrected chi connectivity index (χ0v) is 14.9. The van der Waals surface area contributed by atoms with Crippen LogP contribution >= 0.6 is 27.3 Å². The predicted molar refractivity (Wildman–Crippen MR) is 92.5 cm³/mol. The minimum absolute atomic E-state index is 0.170. The molecule has 1 N–H and O–H groups in total. The lowest BCUT2D eigenvalue weighted by atomic mass is 10.1. The molecule has 114 valence electrons. The molecule has 0 fully saturated rings. The van der Waals surface area contributed by atoms with Crippen LogP contribution in [-0.4, -0.2) is 13.1 Å². The first-order valence-corrected chi connectivity index (χ1v) is 8.59. The normalized spacial score (nSPS) is 11.1. The number of thiophene rings is 1. The second-order valence-corrected chi connectivity index (χ2v) is 7.28. The highest BCUT2D eigenvalue weighted by atomic mass is 79.9. The summed E-state index contributed by atoms with van der Waals surface area (Å²) in [5.41, 5.74) is 1.66. The summed E-state index contributed by atoms with van der Waals surface area (Å²) in [5, 5.41) is 5.40. The van der Waals surface area contributed by atoms with Crippen molar-refractivity contribution in [3.63, 3.8) is 0 Å². The molecule has 5 heteroatoms. The maximum atomic E-state index is 14.3. The largest absolute Gasteiger partial charge is 0.367 e. The van der Waals surface area contributed by atoms with Gasteiger partial charge in [-0.15, -0.1) is 11.3 Å². The topological polar surface area (TPSA) is 15.3 Å². The fraction of sp³-hybridized carbons (Fsp3) is 0.375. The van der Waals surface area contributed by atoms with Crippen molar-refractivity contribution >= 4 is 33.0 Å². The van der Waals surface area contributed by atoms with Gasteiger partial charge in [0.05, 0.1) is 12.2 Å². The molecule has 1 aromatic carbocycles. The van der Waals surface area contributed by atoms with Gasteiger partial charge in [-0.25, -0.2) is 4.39 Å². The summed E-state index contributed by atoms with van der Waals surface area (Å²) in [6.45, 7) is 5.55. The Morgan fingerprint density at radius 3 is 2.76 bits per heavy atom. The first-order chi connectivity index (χ1) is 9.97. The Labute approximate surface area is 138 Å². The van der Waals surface area contributed by atoms with Gasteiger partial charge in [-0.3, -0.25) is 0 Å². The Balaban J connectivity index is 2.20. The molecule has 1 heterocycles. The Hall–Kier alpha value is -0.910. The fourth-order valence-electron chi connectivity index (χ4n) is 2.19. The molecule has 0 bridgehead atoms. The molecule has 0 atom stereocenters. The Morgan fingerprint density at radius 1 is 1.38 bits per heavy atom. The summed E-state index contributed by atoms with van der Waals surface area (Å²) in [4.78, 5) is 3.18. The molecular formula is C16H20BrFN2S. The molecule has 2 nitrogen and oxygen atoms in total. The van der Waals surface area contributed by atoms with Crippen molar-refractivity contribution < 1.29 is 4.39 Å². The second-order valence-electron chi connectivity index (χ2n) is 5.37. The van der Waals surface area contributed by atoms with E-state index < -0.39 is 0 Å². The molecule has 0 saturated heterocycles. The lowest BCUT2D eigenvalue weighted by Gasteiger charge is -2.23. The van der Waals surface area contributed by atoms with Crippen molar-refractivity contribution in [3.05, 3.63) is 50.4 Å². The molecule has 0 aliphatic heterocycles. The van der Waals surface area contributed by atoms with Crippen LogP contribution in [0.2, 0.25) is 0 Å². The van der Waals surface area contributed by atoms with Crippen LogP contribution < -0.4 is 10.2 Å². The SMILES string of the molecule is CC(C)NCc1cccc(F)c1N(C)Cc1cc(Br)cs1. The van der Waals surface area contributed by atoms with Gasteiger partial charge in [0.15, 0.2) is 0 Å². The lowest BCUT2D eigenvalue weighted by molar-refractivity contribution is 0.579. The number of hydrogen-bond donors (Lipinski definition) is 1. The van der Waals surface area contributed by atoms with Crippen molar-refractivity contribution in [1.82, 2.24) is 5.32 Å². The molecule has 0 unspecified atom stereocenters. The summed E-state index contributed by atoms with van der Waals surface area (Å²) in [7, 11) is 1.94.